The van der Waals surface area contributed by atoms with Crippen molar-refractivity contribution in [3.05, 3.63) is 29.8 Å². The lowest BCUT2D eigenvalue weighted by atomic mass is 9.89. The molecule has 16 heavy (non-hydrogen) atoms. The van der Waals surface area contributed by atoms with Crippen LogP contribution in [0.15, 0.2) is 24.3 Å². The Labute approximate surface area is 94.7 Å². The molecule has 3 nitrogen and oxygen atoms in total. The molecule has 1 aromatic rings. The fraction of sp³-hybridized carbons (Fsp3) is 0.462. The maximum atomic E-state index is 11.4. The third-order valence-electron chi connectivity index (χ3n) is 3.56. The molecule has 1 saturated carbocycles. The molecule has 0 aromatic heterocycles. The first-order valence-electron chi connectivity index (χ1n) is 5.51. The summed E-state index contributed by atoms with van der Waals surface area (Å²) >= 11 is 0. The summed E-state index contributed by atoms with van der Waals surface area (Å²) in [6.45, 7) is 4.08. The number of aliphatic carboxylic acids is 1. The lowest BCUT2D eigenvalue weighted by Gasteiger charge is -2.15. The van der Waals surface area contributed by atoms with Crippen LogP contribution < -0.4 is 0 Å². The second-order valence-electron chi connectivity index (χ2n) is 4.88. The first kappa shape index (κ1) is 11.0. The Morgan fingerprint density at radius 1 is 1.50 bits per heavy atom. The van der Waals surface area contributed by atoms with Crippen LogP contribution in [0.25, 0.3) is 0 Å². The SMILES string of the molecule is CC(C)C1CC1(C(=O)O)c1cccc(O)c1. The maximum absolute atomic E-state index is 11.4. The molecule has 2 rings (SSSR count). The molecule has 0 saturated heterocycles. The van der Waals surface area contributed by atoms with Gasteiger partial charge in [0.15, 0.2) is 0 Å². The molecule has 1 aliphatic rings. The summed E-state index contributed by atoms with van der Waals surface area (Å²) in [7, 11) is 0. The van der Waals surface area contributed by atoms with E-state index >= 15 is 0 Å². The summed E-state index contributed by atoms with van der Waals surface area (Å²) < 4.78 is 0. The molecule has 0 bridgehead atoms. The van der Waals surface area contributed by atoms with Crippen molar-refractivity contribution in [3.8, 4) is 5.75 Å². The highest BCUT2D eigenvalue weighted by Gasteiger charge is 2.62. The Bertz CT molecular complexity index is 425. The number of hydrogen-bond donors (Lipinski definition) is 2. The average molecular weight is 220 g/mol. The van der Waals surface area contributed by atoms with Crippen LogP contribution >= 0.6 is 0 Å². The molecule has 0 heterocycles. The molecule has 86 valence electrons. The van der Waals surface area contributed by atoms with Gasteiger partial charge in [-0.15, -0.1) is 0 Å². The fourth-order valence-corrected chi connectivity index (χ4v) is 2.58. The van der Waals surface area contributed by atoms with Gasteiger partial charge in [0.25, 0.3) is 0 Å². The number of rotatable bonds is 3. The van der Waals surface area contributed by atoms with Gasteiger partial charge in [-0.25, -0.2) is 0 Å². The second-order valence-corrected chi connectivity index (χ2v) is 4.88. The van der Waals surface area contributed by atoms with E-state index in [-0.39, 0.29) is 11.7 Å². The molecule has 0 spiro atoms. The Balaban J connectivity index is 2.40. The van der Waals surface area contributed by atoms with Crippen LogP contribution in [0.2, 0.25) is 0 Å². The zero-order chi connectivity index (χ0) is 11.9. The number of phenolic OH excluding ortho intramolecular Hbond substituents is 1. The van der Waals surface area contributed by atoms with Gasteiger partial charge in [-0.1, -0.05) is 26.0 Å². The smallest absolute Gasteiger partial charge is 0.314 e. The summed E-state index contributed by atoms with van der Waals surface area (Å²) in [5, 5.41) is 18.8. The number of hydrogen-bond acceptors (Lipinski definition) is 2. The van der Waals surface area contributed by atoms with Gasteiger partial charge in [0.2, 0.25) is 0 Å². The van der Waals surface area contributed by atoms with Crippen molar-refractivity contribution in [3.63, 3.8) is 0 Å². The largest absolute Gasteiger partial charge is 0.508 e. The van der Waals surface area contributed by atoms with Crippen molar-refractivity contribution in [2.75, 3.05) is 0 Å². The van der Waals surface area contributed by atoms with Gasteiger partial charge in [-0.2, -0.15) is 0 Å². The van der Waals surface area contributed by atoms with Crippen LogP contribution in [0.5, 0.6) is 5.75 Å². The minimum Gasteiger partial charge on any atom is -0.508 e. The van der Waals surface area contributed by atoms with Crippen LogP contribution in [-0.4, -0.2) is 16.2 Å². The lowest BCUT2D eigenvalue weighted by molar-refractivity contribution is -0.140. The van der Waals surface area contributed by atoms with Crippen LogP contribution in [0.4, 0.5) is 0 Å². The molecule has 0 aliphatic heterocycles. The van der Waals surface area contributed by atoms with Crippen molar-refractivity contribution in [1.29, 1.82) is 0 Å². The molecule has 1 aromatic carbocycles. The molecule has 1 fully saturated rings. The predicted molar refractivity (Wildman–Crippen MR) is 60.4 cm³/mol. The van der Waals surface area contributed by atoms with E-state index in [0.717, 1.165) is 5.56 Å². The van der Waals surface area contributed by atoms with Crippen molar-refractivity contribution in [2.45, 2.75) is 25.7 Å². The monoisotopic (exact) mass is 220 g/mol. The van der Waals surface area contributed by atoms with Gasteiger partial charge < -0.3 is 10.2 Å². The molecular formula is C13H16O3. The molecule has 1 aliphatic carbocycles. The molecule has 0 amide bonds. The molecular weight excluding hydrogens is 204 g/mol. The van der Waals surface area contributed by atoms with Gasteiger partial charge >= 0.3 is 5.97 Å². The normalized spacial score (nSPS) is 28.1. The quantitative estimate of drug-likeness (QED) is 0.822. The average Bonchev–Trinajstić information content (AvgIpc) is 2.93. The highest BCUT2D eigenvalue weighted by atomic mass is 16.4. The van der Waals surface area contributed by atoms with E-state index < -0.39 is 11.4 Å². The van der Waals surface area contributed by atoms with Gasteiger partial charge in [0.05, 0.1) is 5.41 Å². The number of phenols is 1. The summed E-state index contributed by atoms with van der Waals surface area (Å²) in [6, 6.07) is 6.61. The zero-order valence-corrected chi connectivity index (χ0v) is 9.47. The van der Waals surface area contributed by atoms with Crippen LogP contribution in [0, 0.1) is 11.8 Å². The van der Waals surface area contributed by atoms with Gasteiger partial charge in [0, 0.05) is 0 Å². The summed E-state index contributed by atoms with van der Waals surface area (Å²) in [6.07, 6.45) is 0.670. The van der Waals surface area contributed by atoms with Crippen molar-refractivity contribution in [2.24, 2.45) is 11.8 Å². The van der Waals surface area contributed by atoms with Gasteiger partial charge in [0.1, 0.15) is 5.75 Å². The second kappa shape index (κ2) is 3.51. The van der Waals surface area contributed by atoms with Crippen LogP contribution in [0.3, 0.4) is 0 Å². The Morgan fingerprint density at radius 2 is 2.19 bits per heavy atom. The highest BCUT2D eigenvalue weighted by molar-refractivity contribution is 5.86. The first-order valence-corrected chi connectivity index (χ1v) is 5.51. The molecule has 2 atom stereocenters. The van der Waals surface area contributed by atoms with E-state index in [0.29, 0.717) is 12.3 Å². The molecule has 2 unspecified atom stereocenters. The van der Waals surface area contributed by atoms with Crippen molar-refractivity contribution >= 4 is 5.97 Å². The predicted octanol–water partition coefficient (Wildman–Crippen LogP) is 2.39. The standard InChI is InChI=1S/C13H16O3/c1-8(2)11-7-13(11,12(15)16)9-4-3-5-10(14)6-9/h3-6,8,11,14H,7H2,1-2H3,(H,15,16). The van der Waals surface area contributed by atoms with E-state index in [1.165, 1.54) is 0 Å². The Kier molecular flexibility index (Phi) is 2.41. The highest BCUT2D eigenvalue weighted by Crippen LogP contribution is 2.58. The third kappa shape index (κ3) is 1.47. The number of benzene rings is 1. The van der Waals surface area contributed by atoms with E-state index in [1.807, 2.05) is 13.8 Å². The number of aromatic hydroxyl groups is 1. The third-order valence-corrected chi connectivity index (χ3v) is 3.56. The number of carboxylic acids is 1. The molecule has 3 heteroatoms. The Hall–Kier alpha value is -1.51. The fourth-order valence-electron chi connectivity index (χ4n) is 2.58. The first-order chi connectivity index (χ1) is 7.48. The van der Waals surface area contributed by atoms with E-state index in [2.05, 4.69) is 0 Å². The molecule has 0 radical (unpaired) electrons. The number of carbonyl (C=O) groups is 1. The summed E-state index contributed by atoms with van der Waals surface area (Å²) in [5.74, 6) is -0.130. The zero-order valence-electron chi connectivity index (χ0n) is 9.47. The Morgan fingerprint density at radius 3 is 2.62 bits per heavy atom. The van der Waals surface area contributed by atoms with Crippen molar-refractivity contribution in [1.82, 2.24) is 0 Å². The van der Waals surface area contributed by atoms with E-state index in [9.17, 15) is 15.0 Å². The van der Waals surface area contributed by atoms with Crippen molar-refractivity contribution < 1.29 is 15.0 Å². The number of carboxylic acid groups (broad SMARTS) is 1. The van der Waals surface area contributed by atoms with Crippen LogP contribution in [-0.2, 0) is 10.2 Å². The summed E-state index contributed by atoms with van der Waals surface area (Å²) in [5.41, 5.74) is -0.0499. The van der Waals surface area contributed by atoms with Gasteiger partial charge in [-0.05, 0) is 36.0 Å². The molecule has 2 N–H and O–H groups in total. The minimum atomic E-state index is -0.781. The summed E-state index contributed by atoms with van der Waals surface area (Å²) in [4.78, 5) is 11.4. The maximum Gasteiger partial charge on any atom is 0.314 e. The van der Waals surface area contributed by atoms with E-state index in [4.69, 9.17) is 0 Å². The lowest BCUT2D eigenvalue weighted by Crippen LogP contribution is -2.24. The minimum absolute atomic E-state index is 0.132. The van der Waals surface area contributed by atoms with E-state index in [1.54, 1.807) is 24.3 Å². The van der Waals surface area contributed by atoms with Gasteiger partial charge in [-0.3, -0.25) is 4.79 Å². The topological polar surface area (TPSA) is 57.5 Å². The van der Waals surface area contributed by atoms with Crippen LogP contribution in [0.1, 0.15) is 25.8 Å².